The number of nitrogens with two attached hydrogens (primary N) is 1. The monoisotopic (exact) mass is 276 g/mol. The Morgan fingerprint density at radius 3 is 2.28 bits per heavy atom. The molecule has 4 heteroatoms. The zero-order chi connectivity index (χ0) is 13.1. The topological polar surface area (TPSA) is 55.1 Å². The highest BCUT2D eigenvalue weighted by Gasteiger charge is 2.28. The minimum absolute atomic E-state index is 0. The van der Waals surface area contributed by atoms with Gasteiger partial charge in [-0.25, -0.2) is 0 Å². The molecule has 0 bridgehead atoms. The summed E-state index contributed by atoms with van der Waals surface area (Å²) in [5, 5.41) is 3.10. The second kappa shape index (κ2) is 7.34. The molecule has 0 spiro atoms. The van der Waals surface area contributed by atoms with Crippen molar-refractivity contribution in [3.8, 4) is 0 Å². The normalized spacial score (nSPS) is 21.2. The van der Waals surface area contributed by atoms with Gasteiger partial charge in [0.2, 0.25) is 5.91 Å². The molecule has 0 heterocycles. The van der Waals surface area contributed by atoms with Crippen molar-refractivity contribution in [2.24, 2.45) is 17.1 Å². The summed E-state index contributed by atoms with van der Waals surface area (Å²) in [6, 6.07) is -0.00123. The van der Waals surface area contributed by atoms with Gasteiger partial charge in [0.1, 0.15) is 0 Å². The zero-order valence-corrected chi connectivity index (χ0v) is 13.0. The van der Waals surface area contributed by atoms with Gasteiger partial charge < -0.3 is 11.1 Å². The fourth-order valence-electron chi connectivity index (χ4n) is 2.47. The molecule has 0 aliphatic heterocycles. The number of carbonyl (C=O) groups is 1. The summed E-state index contributed by atoms with van der Waals surface area (Å²) in [5.41, 5.74) is 6.32. The maximum Gasteiger partial charge on any atom is 0.237 e. The fourth-order valence-corrected chi connectivity index (χ4v) is 2.47. The van der Waals surface area contributed by atoms with E-state index in [1.165, 1.54) is 12.8 Å². The quantitative estimate of drug-likeness (QED) is 0.830. The molecule has 1 rings (SSSR count). The van der Waals surface area contributed by atoms with Gasteiger partial charge >= 0.3 is 0 Å². The lowest BCUT2D eigenvalue weighted by Gasteiger charge is -2.35. The first kappa shape index (κ1) is 17.7. The molecular formula is C14H29ClN2O. The molecule has 1 aliphatic carbocycles. The molecule has 0 aromatic carbocycles. The highest BCUT2D eigenvalue weighted by atomic mass is 35.5. The van der Waals surface area contributed by atoms with Gasteiger partial charge in [0.25, 0.3) is 0 Å². The number of carbonyl (C=O) groups excluding carboxylic acids is 1. The smallest absolute Gasteiger partial charge is 0.237 e. The lowest BCUT2D eigenvalue weighted by Crippen LogP contribution is -2.47. The Labute approximate surface area is 118 Å². The van der Waals surface area contributed by atoms with Crippen LogP contribution in [0.2, 0.25) is 0 Å². The van der Waals surface area contributed by atoms with Crippen molar-refractivity contribution < 1.29 is 4.79 Å². The van der Waals surface area contributed by atoms with Crippen LogP contribution in [0, 0.1) is 11.3 Å². The Hall–Kier alpha value is -0.280. The van der Waals surface area contributed by atoms with E-state index in [-0.39, 0.29) is 24.4 Å². The van der Waals surface area contributed by atoms with Crippen molar-refractivity contribution in [1.82, 2.24) is 5.32 Å². The lowest BCUT2D eigenvalue weighted by atomic mass is 9.75. The SMILES string of the molecule is CC(C)C[C@H](N)C(=O)NC1CCC(C)(C)CC1.Cl. The number of hydrogen-bond donors (Lipinski definition) is 2. The van der Waals surface area contributed by atoms with Gasteiger partial charge in [-0.1, -0.05) is 27.7 Å². The van der Waals surface area contributed by atoms with E-state index in [2.05, 4.69) is 33.0 Å². The van der Waals surface area contributed by atoms with Crippen LogP contribution in [0.25, 0.3) is 0 Å². The van der Waals surface area contributed by atoms with E-state index >= 15 is 0 Å². The molecule has 0 radical (unpaired) electrons. The fraction of sp³-hybridized carbons (Fsp3) is 0.929. The largest absolute Gasteiger partial charge is 0.352 e. The predicted molar refractivity (Wildman–Crippen MR) is 78.9 cm³/mol. The van der Waals surface area contributed by atoms with Gasteiger partial charge in [0, 0.05) is 6.04 Å². The summed E-state index contributed by atoms with van der Waals surface area (Å²) in [7, 11) is 0. The third-order valence-corrected chi connectivity index (χ3v) is 3.75. The molecule has 1 saturated carbocycles. The van der Waals surface area contributed by atoms with Crippen molar-refractivity contribution in [1.29, 1.82) is 0 Å². The van der Waals surface area contributed by atoms with E-state index in [0.29, 0.717) is 17.4 Å². The first-order chi connectivity index (χ1) is 7.80. The van der Waals surface area contributed by atoms with E-state index in [1.54, 1.807) is 0 Å². The van der Waals surface area contributed by atoms with Crippen LogP contribution in [-0.2, 0) is 4.79 Å². The van der Waals surface area contributed by atoms with Crippen LogP contribution in [0.1, 0.15) is 59.8 Å². The van der Waals surface area contributed by atoms with Crippen molar-refractivity contribution in [3.63, 3.8) is 0 Å². The molecule has 1 fully saturated rings. The van der Waals surface area contributed by atoms with Crippen molar-refractivity contribution in [2.45, 2.75) is 71.9 Å². The number of nitrogens with one attached hydrogen (secondary N) is 1. The summed E-state index contributed by atoms with van der Waals surface area (Å²) in [6.45, 7) is 8.79. The van der Waals surface area contributed by atoms with Crippen LogP contribution in [0.4, 0.5) is 0 Å². The van der Waals surface area contributed by atoms with Crippen LogP contribution >= 0.6 is 12.4 Å². The molecule has 108 valence electrons. The minimum atomic E-state index is -0.343. The summed E-state index contributed by atoms with van der Waals surface area (Å²) < 4.78 is 0. The third-order valence-electron chi connectivity index (χ3n) is 3.75. The predicted octanol–water partition coefficient (Wildman–Crippen LogP) is 2.87. The Kier molecular flexibility index (Phi) is 7.23. The number of hydrogen-bond acceptors (Lipinski definition) is 2. The number of halogens is 1. The van der Waals surface area contributed by atoms with Gasteiger partial charge in [-0.3, -0.25) is 4.79 Å². The highest BCUT2D eigenvalue weighted by Crippen LogP contribution is 2.34. The molecule has 1 aliphatic rings. The standard InChI is InChI=1S/C14H28N2O.ClH/c1-10(2)9-12(15)13(17)16-11-5-7-14(3,4)8-6-11;/h10-12H,5-9,15H2,1-4H3,(H,16,17);1H/t12-;/m0./s1. The Balaban J connectivity index is 0.00000289. The molecule has 0 unspecified atom stereocenters. The van der Waals surface area contributed by atoms with Crippen LogP contribution in [0.3, 0.4) is 0 Å². The zero-order valence-electron chi connectivity index (χ0n) is 12.2. The van der Waals surface area contributed by atoms with Gasteiger partial charge in [-0.15, -0.1) is 12.4 Å². The van der Waals surface area contributed by atoms with Gasteiger partial charge in [0.05, 0.1) is 6.04 Å². The van der Waals surface area contributed by atoms with E-state index in [4.69, 9.17) is 5.73 Å². The average molecular weight is 277 g/mol. The van der Waals surface area contributed by atoms with Crippen molar-refractivity contribution >= 4 is 18.3 Å². The van der Waals surface area contributed by atoms with E-state index in [9.17, 15) is 4.79 Å². The summed E-state index contributed by atoms with van der Waals surface area (Å²) >= 11 is 0. The number of rotatable bonds is 4. The molecule has 1 amide bonds. The molecule has 0 aromatic rings. The Morgan fingerprint density at radius 2 is 1.83 bits per heavy atom. The van der Waals surface area contributed by atoms with Gasteiger partial charge in [0.15, 0.2) is 0 Å². The van der Waals surface area contributed by atoms with E-state index in [1.807, 2.05) is 0 Å². The molecule has 18 heavy (non-hydrogen) atoms. The molecule has 0 saturated heterocycles. The summed E-state index contributed by atoms with van der Waals surface area (Å²) in [6.07, 6.45) is 5.33. The molecular weight excluding hydrogens is 248 g/mol. The van der Waals surface area contributed by atoms with Gasteiger partial charge in [-0.05, 0) is 43.4 Å². The summed E-state index contributed by atoms with van der Waals surface area (Å²) in [5.74, 6) is 0.504. The maximum atomic E-state index is 11.9. The highest BCUT2D eigenvalue weighted by molar-refractivity contribution is 5.85. The molecule has 3 nitrogen and oxygen atoms in total. The molecule has 3 N–H and O–H groups in total. The van der Waals surface area contributed by atoms with Crippen LogP contribution < -0.4 is 11.1 Å². The molecule has 1 atom stereocenters. The van der Waals surface area contributed by atoms with Crippen LogP contribution in [0.5, 0.6) is 0 Å². The van der Waals surface area contributed by atoms with Gasteiger partial charge in [-0.2, -0.15) is 0 Å². The van der Waals surface area contributed by atoms with Crippen LogP contribution in [-0.4, -0.2) is 18.0 Å². The summed E-state index contributed by atoms with van der Waals surface area (Å²) in [4.78, 5) is 11.9. The van der Waals surface area contributed by atoms with Crippen molar-refractivity contribution in [2.75, 3.05) is 0 Å². The second-order valence-electron chi connectivity index (χ2n) is 6.68. The van der Waals surface area contributed by atoms with E-state index in [0.717, 1.165) is 19.3 Å². The lowest BCUT2D eigenvalue weighted by molar-refractivity contribution is -0.123. The third kappa shape index (κ3) is 6.05. The molecule has 0 aromatic heterocycles. The minimum Gasteiger partial charge on any atom is -0.352 e. The Morgan fingerprint density at radius 1 is 1.33 bits per heavy atom. The second-order valence-corrected chi connectivity index (χ2v) is 6.68. The average Bonchev–Trinajstić information content (AvgIpc) is 2.20. The van der Waals surface area contributed by atoms with E-state index < -0.39 is 0 Å². The Bertz CT molecular complexity index is 257. The number of amides is 1. The maximum absolute atomic E-state index is 11.9. The van der Waals surface area contributed by atoms with Crippen LogP contribution in [0.15, 0.2) is 0 Å². The first-order valence-electron chi connectivity index (χ1n) is 6.86. The first-order valence-corrected chi connectivity index (χ1v) is 6.86. The van der Waals surface area contributed by atoms with Crippen molar-refractivity contribution in [3.05, 3.63) is 0 Å².